The fourth-order valence-electron chi connectivity index (χ4n) is 0.977. The third-order valence-corrected chi connectivity index (χ3v) is 1.97. The minimum atomic E-state index is -1.54. The quantitative estimate of drug-likeness (QED) is 0.714. The topological polar surface area (TPSA) is 46.2 Å². The summed E-state index contributed by atoms with van der Waals surface area (Å²) < 4.78 is 38.1. The van der Waals surface area contributed by atoms with Gasteiger partial charge in [-0.05, 0) is 24.6 Å². The molecule has 5 heteroatoms. The van der Waals surface area contributed by atoms with Crippen LogP contribution in [0.15, 0.2) is 12.1 Å². The first-order chi connectivity index (χ1) is 6.38. The van der Waals surface area contributed by atoms with Crippen molar-refractivity contribution in [2.24, 2.45) is 5.73 Å². The van der Waals surface area contributed by atoms with Crippen molar-refractivity contribution in [2.75, 3.05) is 6.61 Å². The van der Waals surface area contributed by atoms with Crippen LogP contribution in [-0.2, 0) is 5.54 Å². The molecule has 0 spiro atoms. The van der Waals surface area contributed by atoms with Gasteiger partial charge in [0.15, 0.2) is 17.5 Å². The Balaban J connectivity index is 3.26. The van der Waals surface area contributed by atoms with E-state index in [9.17, 15) is 13.2 Å². The minimum absolute atomic E-state index is 0.0106. The van der Waals surface area contributed by atoms with Crippen molar-refractivity contribution < 1.29 is 18.3 Å². The number of aliphatic hydroxyl groups is 1. The molecule has 0 aliphatic heterocycles. The van der Waals surface area contributed by atoms with Gasteiger partial charge in [-0.2, -0.15) is 0 Å². The standard InChI is InChI=1S/C9H10F3NO/c1-9(13,4-14)5-2-6(10)8(12)7(11)3-5/h2-3,14H,4,13H2,1H3/t9-/m0/s1. The van der Waals surface area contributed by atoms with Crippen LogP contribution in [0.25, 0.3) is 0 Å². The highest BCUT2D eigenvalue weighted by atomic mass is 19.2. The summed E-state index contributed by atoms with van der Waals surface area (Å²) in [4.78, 5) is 0. The van der Waals surface area contributed by atoms with Gasteiger partial charge < -0.3 is 10.8 Å². The van der Waals surface area contributed by atoms with Crippen LogP contribution in [0, 0.1) is 17.5 Å². The second kappa shape index (κ2) is 3.59. The maximum absolute atomic E-state index is 12.8. The van der Waals surface area contributed by atoms with Crippen LogP contribution in [0.5, 0.6) is 0 Å². The number of nitrogens with two attached hydrogens (primary N) is 1. The number of hydrogen-bond acceptors (Lipinski definition) is 2. The van der Waals surface area contributed by atoms with Crippen LogP contribution >= 0.6 is 0 Å². The summed E-state index contributed by atoms with van der Waals surface area (Å²) in [6.07, 6.45) is 0. The van der Waals surface area contributed by atoms with Crippen LogP contribution in [-0.4, -0.2) is 11.7 Å². The summed E-state index contributed by atoms with van der Waals surface area (Å²) in [6, 6.07) is 1.54. The molecule has 0 saturated heterocycles. The summed E-state index contributed by atoms with van der Waals surface area (Å²) in [6.45, 7) is 0.899. The molecule has 0 unspecified atom stereocenters. The van der Waals surface area contributed by atoms with Gasteiger partial charge in [-0.15, -0.1) is 0 Å². The van der Waals surface area contributed by atoms with Crippen molar-refractivity contribution in [2.45, 2.75) is 12.5 Å². The van der Waals surface area contributed by atoms with Gasteiger partial charge in [0.25, 0.3) is 0 Å². The highest BCUT2D eigenvalue weighted by molar-refractivity contribution is 5.26. The normalized spacial score (nSPS) is 15.3. The average Bonchev–Trinajstić information content (AvgIpc) is 2.13. The van der Waals surface area contributed by atoms with Crippen molar-refractivity contribution in [3.05, 3.63) is 35.1 Å². The van der Waals surface area contributed by atoms with E-state index in [-0.39, 0.29) is 5.56 Å². The molecule has 0 heterocycles. The number of hydrogen-bond donors (Lipinski definition) is 2. The minimum Gasteiger partial charge on any atom is -0.394 e. The lowest BCUT2D eigenvalue weighted by atomic mass is 9.94. The van der Waals surface area contributed by atoms with E-state index in [4.69, 9.17) is 10.8 Å². The zero-order valence-electron chi connectivity index (χ0n) is 7.52. The van der Waals surface area contributed by atoms with Gasteiger partial charge in [-0.25, -0.2) is 13.2 Å². The molecule has 3 N–H and O–H groups in total. The van der Waals surface area contributed by atoms with Gasteiger partial charge in [0.1, 0.15) is 0 Å². The molecular formula is C9H10F3NO. The molecule has 2 nitrogen and oxygen atoms in total. The van der Waals surface area contributed by atoms with Crippen LogP contribution in [0.2, 0.25) is 0 Å². The zero-order valence-corrected chi connectivity index (χ0v) is 7.52. The van der Waals surface area contributed by atoms with Crippen molar-refractivity contribution in [3.63, 3.8) is 0 Å². The van der Waals surface area contributed by atoms with Crippen molar-refractivity contribution in [1.29, 1.82) is 0 Å². The molecule has 0 bridgehead atoms. The van der Waals surface area contributed by atoms with Crippen LogP contribution in [0.1, 0.15) is 12.5 Å². The molecule has 0 saturated carbocycles. The molecule has 1 aromatic carbocycles. The number of aliphatic hydroxyl groups excluding tert-OH is 1. The van der Waals surface area contributed by atoms with E-state index in [0.717, 1.165) is 12.1 Å². The van der Waals surface area contributed by atoms with E-state index in [0.29, 0.717) is 0 Å². The second-order valence-corrected chi connectivity index (χ2v) is 3.33. The fraction of sp³-hybridized carbons (Fsp3) is 0.333. The Bertz CT molecular complexity index is 329. The molecule has 0 aromatic heterocycles. The van der Waals surface area contributed by atoms with Crippen molar-refractivity contribution in [3.8, 4) is 0 Å². The second-order valence-electron chi connectivity index (χ2n) is 3.33. The van der Waals surface area contributed by atoms with Gasteiger partial charge in [-0.3, -0.25) is 0 Å². The van der Waals surface area contributed by atoms with E-state index < -0.39 is 29.6 Å². The monoisotopic (exact) mass is 205 g/mol. The lowest BCUT2D eigenvalue weighted by molar-refractivity contribution is 0.209. The number of rotatable bonds is 2. The summed E-state index contributed by atoms with van der Waals surface area (Å²) in [5.74, 6) is -4.17. The molecule has 1 rings (SSSR count). The molecule has 0 aliphatic carbocycles. The first kappa shape index (κ1) is 11.0. The fourth-order valence-corrected chi connectivity index (χ4v) is 0.977. The maximum atomic E-state index is 12.8. The van der Waals surface area contributed by atoms with Crippen LogP contribution in [0.3, 0.4) is 0 Å². The van der Waals surface area contributed by atoms with Crippen molar-refractivity contribution >= 4 is 0 Å². The Hall–Kier alpha value is -1.07. The molecule has 14 heavy (non-hydrogen) atoms. The largest absolute Gasteiger partial charge is 0.394 e. The molecule has 0 aliphatic rings. The number of halogens is 3. The van der Waals surface area contributed by atoms with Crippen molar-refractivity contribution in [1.82, 2.24) is 0 Å². The SMILES string of the molecule is C[C@](N)(CO)c1cc(F)c(F)c(F)c1. The first-order valence-electron chi connectivity index (χ1n) is 3.93. The third-order valence-electron chi connectivity index (χ3n) is 1.97. The Morgan fingerprint density at radius 1 is 1.29 bits per heavy atom. The summed E-state index contributed by atoms with van der Waals surface area (Å²) in [5.41, 5.74) is 4.25. The van der Waals surface area contributed by atoms with Gasteiger partial charge >= 0.3 is 0 Å². The lowest BCUT2D eigenvalue weighted by Gasteiger charge is -2.22. The zero-order chi connectivity index (χ0) is 10.9. The molecule has 1 atom stereocenters. The Labute approximate surface area is 79.2 Å². The Morgan fingerprint density at radius 3 is 2.07 bits per heavy atom. The molecule has 1 aromatic rings. The lowest BCUT2D eigenvalue weighted by Crippen LogP contribution is -2.37. The smallest absolute Gasteiger partial charge is 0.194 e. The highest BCUT2D eigenvalue weighted by Gasteiger charge is 2.23. The summed E-state index contributed by atoms with van der Waals surface area (Å²) in [5, 5.41) is 8.83. The first-order valence-corrected chi connectivity index (χ1v) is 3.93. The summed E-state index contributed by atoms with van der Waals surface area (Å²) >= 11 is 0. The maximum Gasteiger partial charge on any atom is 0.194 e. The van der Waals surface area contributed by atoms with Gasteiger partial charge in [-0.1, -0.05) is 0 Å². The van der Waals surface area contributed by atoms with Crippen LogP contribution in [0.4, 0.5) is 13.2 Å². The third kappa shape index (κ3) is 1.88. The van der Waals surface area contributed by atoms with E-state index >= 15 is 0 Å². The van der Waals surface area contributed by atoms with E-state index in [1.165, 1.54) is 6.92 Å². The van der Waals surface area contributed by atoms with Gasteiger partial charge in [0.05, 0.1) is 12.1 Å². The van der Waals surface area contributed by atoms with E-state index in [2.05, 4.69) is 0 Å². The summed E-state index contributed by atoms with van der Waals surface area (Å²) in [7, 11) is 0. The highest BCUT2D eigenvalue weighted by Crippen LogP contribution is 2.21. The molecule has 0 radical (unpaired) electrons. The number of benzene rings is 1. The van der Waals surface area contributed by atoms with Gasteiger partial charge in [0, 0.05) is 0 Å². The van der Waals surface area contributed by atoms with E-state index in [1.807, 2.05) is 0 Å². The molecule has 0 fully saturated rings. The Morgan fingerprint density at radius 2 is 1.71 bits per heavy atom. The molecule has 0 amide bonds. The molecular weight excluding hydrogens is 195 g/mol. The average molecular weight is 205 g/mol. The van der Waals surface area contributed by atoms with E-state index in [1.54, 1.807) is 0 Å². The van der Waals surface area contributed by atoms with Gasteiger partial charge in [0.2, 0.25) is 0 Å². The predicted molar refractivity (Wildman–Crippen MR) is 44.9 cm³/mol. The molecule has 78 valence electrons. The predicted octanol–water partition coefficient (Wildman–Crippen LogP) is 1.27. The van der Waals surface area contributed by atoms with Crippen LogP contribution < -0.4 is 5.73 Å². The Kier molecular flexibility index (Phi) is 2.82.